The summed E-state index contributed by atoms with van der Waals surface area (Å²) in [6.45, 7) is 11.4. The fourth-order valence-corrected chi connectivity index (χ4v) is 18.1. The third-order valence-corrected chi connectivity index (χ3v) is 27.2. The third kappa shape index (κ3) is 21.6. The Bertz CT molecular complexity index is 5840. The van der Waals surface area contributed by atoms with E-state index in [9.17, 15) is 132 Å². The van der Waals surface area contributed by atoms with E-state index in [0.717, 1.165) is 73.6 Å². The van der Waals surface area contributed by atoms with Gasteiger partial charge in [-0.3, -0.25) is 37.6 Å². The molecule has 0 bridgehead atoms. The fourth-order valence-electron chi connectivity index (χ4n) is 13.2. The minimum Gasteiger partial charge on any atom is -0.391 e. The molecule has 24 nitrogen and oxygen atoms in total. The Kier molecular flexibility index (Phi) is 23.0. The van der Waals surface area contributed by atoms with E-state index in [-0.39, 0.29) is 93.5 Å². The molecule has 8 N–H and O–H groups in total. The molecule has 688 valence electrons. The number of sulfonamides is 4. The van der Waals surface area contributed by atoms with Crippen LogP contribution >= 0.6 is 40.9 Å². The normalized spacial score (nSPS) is 18.1. The van der Waals surface area contributed by atoms with Crippen molar-refractivity contribution in [3.05, 3.63) is 217 Å². The fraction of sp³-hybridized carbons (Fsp3) is 0.278. The SMILES string of the molecule is CC(O)C(C)(c1ccc(S(F)(F)(F)(F)F)cc1)n1ncc2c(NS(C)(=O)=O)cccc21.CC(O)C(C)(c1ccc(S(F)(F)(F)(F)F)cc1)n1ncc2c(NS(C)(=O)=O)cccc21.CC(O)C(C)(c1ccc(S(F)(F)(F)(F)F)cc1)n1ncc2c(NS(C)(=O)=O)cccc21.CC(O)C(C)(c1ccc(S(F)(F)(F)(F)F)cc1)n1ncc2c(NS(C)(=O)=O)cccc21. The number of nitrogens with one attached hydrogen (secondary N) is 4. The van der Waals surface area contributed by atoms with Crippen molar-refractivity contribution in [2.45, 2.75) is 122 Å². The lowest BCUT2D eigenvalue weighted by molar-refractivity contribution is 0.0823. The van der Waals surface area contributed by atoms with Crippen LogP contribution in [0.4, 0.5) is 100 Å². The lowest BCUT2D eigenvalue weighted by Gasteiger charge is -2.41. The van der Waals surface area contributed by atoms with Gasteiger partial charge in [0.15, 0.2) is 0 Å². The molecular formula is C72H80F20N12O12S8. The van der Waals surface area contributed by atoms with Crippen LogP contribution in [0.3, 0.4) is 0 Å². The minimum atomic E-state index is -9.85. The maximum Gasteiger partial charge on any atom is 0.310 e. The Balaban J connectivity index is 0.000000187. The highest BCUT2D eigenvalue weighted by Gasteiger charge is 2.68. The zero-order valence-electron chi connectivity index (χ0n) is 66.2. The van der Waals surface area contributed by atoms with Crippen molar-refractivity contribution in [1.82, 2.24) is 39.1 Å². The number of benzene rings is 8. The van der Waals surface area contributed by atoms with E-state index in [1.54, 1.807) is 24.3 Å². The van der Waals surface area contributed by atoms with E-state index in [0.29, 0.717) is 43.6 Å². The molecule has 0 radical (unpaired) electrons. The van der Waals surface area contributed by atoms with Gasteiger partial charge in [0, 0.05) is 21.5 Å². The molecule has 0 fully saturated rings. The van der Waals surface area contributed by atoms with Crippen LogP contribution in [-0.2, 0) is 62.2 Å². The first-order valence-electron chi connectivity index (χ1n) is 35.2. The van der Waals surface area contributed by atoms with E-state index in [4.69, 9.17) is 0 Å². The van der Waals surface area contributed by atoms with Gasteiger partial charge in [-0.1, -0.05) is 151 Å². The average molecular weight is 1940 g/mol. The van der Waals surface area contributed by atoms with Crippen molar-refractivity contribution in [3.63, 3.8) is 0 Å². The molecule has 4 aromatic heterocycles. The summed E-state index contributed by atoms with van der Waals surface area (Å²) in [5, 5.41) is 60.4. The van der Waals surface area contributed by atoms with Gasteiger partial charge in [-0.15, -0.1) is 0 Å². The molecule has 4 heterocycles. The molecule has 8 atom stereocenters. The number of hydrogen-bond donors (Lipinski definition) is 8. The second-order valence-corrected chi connectivity index (χ2v) is 46.6. The number of aromatic nitrogens is 8. The van der Waals surface area contributed by atoms with Crippen LogP contribution in [0.1, 0.15) is 77.6 Å². The Morgan fingerprint density at radius 3 is 0.540 bits per heavy atom. The highest BCUT2D eigenvalue weighted by Crippen LogP contribution is 3.04. The zero-order chi connectivity index (χ0) is 94.1. The summed E-state index contributed by atoms with van der Waals surface area (Å²) < 4.78 is 369. The van der Waals surface area contributed by atoms with Gasteiger partial charge in [0.2, 0.25) is 40.1 Å². The Hall–Kier alpha value is -9.52. The van der Waals surface area contributed by atoms with Crippen molar-refractivity contribution in [3.8, 4) is 0 Å². The van der Waals surface area contributed by atoms with Gasteiger partial charge in [0.1, 0.15) is 41.7 Å². The van der Waals surface area contributed by atoms with Crippen LogP contribution in [-0.4, -0.2) is 143 Å². The summed E-state index contributed by atoms with van der Waals surface area (Å²) in [6.07, 6.45) is 4.37. The van der Waals surface area contributed by atoms with Crippen molar-refractivity contribution in [1.29, 1.82) is 0 Å². The van der Waals surface area contributed by atoms with Gasteiger partial charge < -0.3 is 20.4 Å². The first-order chi connectivity index (χ1) is 55.3. The van der Waals surface area contributed by atoms with Gasteiger partial charge in [0.05, 0.1) is 119 Å². The van der Waals surface area contributed by atoms with Crippen LogP contribution in [0, 0.1) is 0 Å². The molecule has 8 aromatic carbocycles. The molecular weight excluding hydrogens is 1860 g/mol. The smallest absolute Gasteiger partial charge is 0.310 e. The Morgan fingerprint density at radius 1 is 0.274 bits per heavy atom. The number of aliphatic hydroxyl groups is 4. The van der Waals surface area contributed by atoms with Crippen LogP contribution in [0.25, 0.3) is 43.6 Å². The van der Waals surface area contributed by atoms with Crippen LogP contribution in [0.15, 0.2) is 214 Å². The first kappa shape index (κ1) is 98.3. The molecule has 0 aliphatic heterocycles. The van der Waals surface area contributed by atoms with Gasteiger partial charge >= 0.3 is 40.9 Å². The third-order valence-electron chi connectivity index (χ3n) is 20.2. The predicted molar refractivity (Wildman–Crippen MR) is 442 cm³/mol. The van der Waals surface area contributed by atoms with Crippen LogP contribution in [0.2, 0.25) is 0 Å². The Morgan fingerprint density at radius 2 is 0.419 bits per heavy atom. The van der Waals surface area contributed by atoms with E-state index in [1.165, 1.54) is 147 Å². The van der Waals surface area contributed by atoms with Gasteiger partial charge in [-0.05, 0) is 175 Å². The number of nitrogens with zero attached hydrogens (tertiary/aromatic N) is 8. The van der Waals surface area contributed by atoms with E-state index in [2.05, 4.69) is 39.3 Å². The molecule has 0 saturated carbocycles. The van der Waals surface area contributed by atoms with E-state index >= 15 is 0 Å². The molecule has 124 heavy (non-hydrogen) atoms. The molecule has 0 spiro atoms. The van der Waals surface area contributed by atoms with Crippen molar-refractivity contribution in [2.24, 2.45) is 0 Å². The second kappa shape index (κ2) is 29.0. The lowest BCUT2D eigenvalue weighted by Crippen LogP contribution is -2.42. The van der Waals surface area contributed by atoms with Gasteiger partial charge in [-0.25, -0.2) is 33.7 Å². The van der Waals surface area contributed by atoms with Crippen molar-refractivity contribution >= 4 is 147 Å². The summed E-state index contributed by atoms with van der Waals surface area (Å²) in [5.74, 6) is 0. The molecule has 12 aromatic rings. The number of hydrogen-bond acceptors (Lipinski definition) is 16. The number of fused-ring (bicyclic) bond motifs is 4. The van der Waals surface area contributed by atoms with E-state index in [1.807, 2.05) is 0 Å². The van der Waals surface area contributed by atoms with Crippen LogP contribution in [0.5, 0.6) is 0 Å². The average Bonchev–Trinajstić information content (AvgIpc) is 0.875. The molecule has 0 aliphatic rings. The maximum absolute atomic E-state index is 13.1. The maximum atomic E-state index is 13.1. The summed E-state index contributed by atoms with van der Waals surface area (Å²) in [4.78, 5) is -8.16. The topological polar surface area (TPSA) is 337 Å². The second-order valence-electron chi connectivity index (χ2n) is 29.9. The summed E-state index contributed by atoms with van der Waals surface area (Å²) in [6, 6.07) is 27.6. The molecule has 8 unspecified atom stereocenters. The van der Waals surface area contributed by atoms with Crippen molar-refractivity contribution < 1.29 is 132 Å². The van der Waals surface area contributed by atoms with E-state index < -0.39 is 147 Å². The highest BCUT2D eigenvalue weighted by molar-refractivity contribution is 8.46. The standard InChI is InChI=1S/4C18H20F5N3O3S2/c4*1-12(27)18(2,13-7-9-14(10-8-13)31(19,20,21,22)23)26-17-6-4-5-16(15(17)11-24-26)25-30(3,28)29/h4*4-12,25,27H,1-3H3. The van der Waals surface area contributed by atoms with Gasteiger partial charge in [0.25, 0.3) is 0 Å². The highest BCUT2D eigenvalue weighted by atomic mass is 32.5. The molecule has 0 aliphatic carbocycles. The quantitative estimate of drug-likeness (QED) is 0.0261. The number of rotatable bonds is 24. The molecule has 52 heteroatoms. The molecule has 12 rings (SSSR count). The summed E-state index contributed by atoms with van der Waals surface area (Å²) in [5.41, 5.74) is -3.09. The monoisotopic (exact) mass is 1940 g/mol. The molecule has 0 amide bonds. The predicted octanol–water partition coefficient (Wildman–Crippen LogP) is 20.8. The number of halogens is 20. The Labute approximate surface area is 696 Å². The van der Waals surface area contributed by atoms with Crippen LogP contribution < -0.4 is 18.9 Å². The largest absolute Gasteiger partial charge is 0.391 e. The zero-order valence-corrected chi connectivity index (χ0v) is 72.8. The summed E-state index contributed by atoms with van der Waals surface area (Å²) >= 11 is 0. The first-order valence-corrected chi connectivity index (χ1v) is 50.6. The molecule has 0 saturated heterocycles. The summed E-state index contributed by atoms with van der Waals surface area (Å²) in [7, 11) is -53.8. The van der Waals surface area contributed by atoms with Crippen molar-refractivity contribution in [2.75, 3.05) is 43.9 Å². The lowest BCUT2D eigenvalue weighted by atomic mass is 9.87. The minimum absolute atomic E-state index is 0.0968. The van der Waals surface area contributed by atoms with Gasteiger partial charge in [-0.2, -0.15) is 20.4 Å². The number of anilines is 4. The number of aliphatic hydroxyl groups excluding tert-OH is 4.